The van der Waals surface area contributed by atoms with Gasteiger partial charge in [0.15, 0.2) is 0 Å². The van der Waals surface area contributed by atoms with E-state index in [1.54, 1.807) is 0 Å². The first-order valence-corrected chi connectivity index (χ1v) is 9.36. The molecule has 1 amide bonds. The van der Waals surface area contributed by atoms with Crippen molar-refractivity contribution < 1.29 is 4.79 Å². The number of carbonyl (C=O) groups is 1. The zero-order chi connectivity index (χ0) is 17.9. The van der Waals surface area contributed by atoms with Crippen LogP contribution in [0, 0.1) is 6.92 Å². The number of hydrogen-bond donors (Lipinski definition) is 2. The van der Waals surface area contributed by atoms with Gasteiger partial charge >= 0.3 is 0 Å². The number of hydrogen-bond acceptors (Lipinski definition) is 2. The van der Waals surface area contributed by atoms with Crippen molar-refractivity contribution in [1.82, 2.24) is 15.2 Å². The Balaban J connectivity index is 1.40. The number of aromatic amines is 1. The molecule has 0 saturated carbocycles. The van der Waals surface area contributed by atoms with Crippen molar-refractivity contribution in [2.45, 2.75) is 32.9 Å². The van der Waals surface area contributed by atoms with Crippen molar-refractivity contribution in [1.29, 1.82) is 0 Å². The SMILES string of the molecule is Cc1[nH]c2ccccc2c1C(=O)NCc1ccc(CN2CCCC2)cc1. The van der Waals surface area contributed by atoms with E-state index in [2.05, 4.69) is 39.5 Å². The van der Waals surface area contributed by atoms with Crippen LogP contribution in [-0.2, 0) is 13.1 Å². The topological polar surface area (TPSA) is 48.1 Å². The van der Waals surface area contributed by atoms with Crippen LogP contribution in [0.1, 0.15) is 40.0 Å². The molecule has 0 unspecified atom stereocenters. The minimum Gasteiger partial charge on any atom is -0.358 e. The molecule has 4 nitrogen and oxygen atoms in total. The second-order valence-electron chi connectivity index (χ2n) is 7.15. The molecule has 1 aromatic heterocycles. The number of likely N-dealkylation sites (tertiary alicyclic amines) is 1. The van der Waals surface area contributed by atoms with Crippen molar-refractivity contribution >= 4 is 16.8 Å². The number of H-pyrrole nitrogens is 1. The summed E-state index contributed by atoms with van der Waals surface area (Å²) < 4.78 is 0. The summed E-state index contributed by atoms with van der Waals surface area (Å²) >= 11 is 0. The number of nitrogens with zero attached hydrogens (tertiary/aromatic N) is 1. The number of amides is 1. The summed E-state index contributed by atoms with van der Waals surface area (Å²) in [4.78, 5) is 18.5. The maximum Gasteiger partial charge on any atom is 0.253 e. The summed E-state index contributed by atoms with van der Waals surface area (Å²) in [5, 5.41) is 4.03. The molecule has 0 bridgehead atoms. The number of carbonyl (C=O) groups excluding carboxylic acids is 1. The van der Waals surface area contributed by atoms with Gasteiger partial charge in [0.1, 0.15) is 0 Å². The van der Waals surface area contributed by atoms with Crippen LogP contribution in [0.3, 0.4) is 0 Å². The number of benzene rings is 2. The van der Waals surface area contributed by atoms with Crippen molar-refractivity contribution in [3.05, 3.63) is 70.9 Å². The van der Waals surface area contributed by atoms with Gasteiger partial charge in [0.2, 0.25) is 0 Å². The monoisotopic (exact) mass is 347 g/mol. The largest absolute Gasteiger partial charge is 0.358 e. The Bertz CT molecular complexity index is 905. The van der Waals surface area contributed by atoms with E-state index < -0.39 is 0 Å². The van der Waals surface area contributed by atoms with Crippen LogP contribution in [0.25, 0.3) is 10.9 Å². The minimum absolute atomic E-state index is 0.0268. The number of fused-ring (bicyclic) bond motifs is 1. The first-order chi connectivity index (χ1) is 12.7. The summed E-state index contributed by atoms with van der Waals surface area (Å²) in [7, 11) is 0. The lowest BCUT2D eigenvalue weighted by Crippen LogP contribution is -2.23. The standard InChI is InChI=1S/C22H25N3O/c1-16-21(19-6-2-3-7-20(19)24-16)22(26)23-14-17-8-10-18(11-9-17)15-25-12-4-5-13-25/h2-3,6-11,24H,4-5,12-15H2,1H3,(H,23,26). The average molecular weight is 347 g/mol. The van der Waals surface area contributed by atoms with E-state index in [-0.39, 0.29) is 5.91 Å². The number of aryl methyl sites for hydroxylation is 1. The second-order valence-corrected chi connectivity index (χ2v) is 7.15. The predicted molar refractivity (Wildman–Crippen MR) is 105 cm³/mol. The van der Waals surface area contributed by atoms with Crippen LogP contribution in [0.4, 0.5) is 0 Å². The van der Waals surface area contributed by atoms with Gasteiger partial charge in [0.25, 0.3) is 5.91 Å². The molecule has 0 aliphatic carbocycles. The maximum absolute atomic E-state index is 12.7. The van der Waals surface area contributed by atoms with Gasteiger partial charge in [0, 0.05) is 29.7 Å². The van der Waals surface area contributed by atoms with Crippen LogP contribution in [0.2, 0.25) is 0 Å². The Labute approximate surface area is 154 Å². The zero-order valence-electron chi connectivity index (χ0n) is 15.2. The first-order valence-electron chi connectivity index (χ1n) is 9.36. The zero-order valence-corrected chi connectivity index (χ0v) is 15.2. The molecular weight excluding hydrogens is 322 g/mol. The Morgan fingerprint density at radius 2 is 1.73 bits per heavy atom. The van der Waals surface area contributed by atoms with Gasteiger partial charge in [-0.25, -0.2) is 0 Å². The van der Waals surface area contributed by atoms with Gasteiger partial charge < -0.3 is 10.3 Å². The van der Waals surface area contributed by atoms with Gasteiger partial charge in [-0.1, -0.05) is 42.5 Å². The smallest absolute Gasteiger partial charge is 0.253 e. The number of aromatic nitrogens is 1. The van der Waals surface area contributed by atoms with Crippen LogP contribution in [0.15, 0.2) is 48.5 Å². The summed E-state index contributed by atoms with van der Waals surface area (Å²) in [5.74, 6) is -0.0268. The molecule has 1 aliphatic rings. The molecule has 0 spiro atoms. The Morgan fingerprint density at radius 1 is 1.04 bits per heavy atom. The van der Waals surface area contributed by atoms with E-state index in [0.717, 1.165) is 34.3 Å². The highest BCUT2D eigenvalue weighted by Crippen LogP contribution is 2.21. The molecule has 0 radical (unpaired) electrons. The lowest BCUT2D eigenvalue weighted by atomic mass is 10.1. The van der Waals surface area contributed by atoms with E-state index in [9.17, 15) is 4.79 Å². The van der Waals surface area contributed by atoms with Gasteiger partial charge in [0.05, 0.1) is 5.56 Å². The van der Waals surface area contributed by atoms with Gasteiger partial charge in [-0.3, -0.25) is 9.69 Å². The highest BCUT2D eigenvalue weighted by molar-refractivity contribution is 6.08. The Morgan fingerprint density at radius 3 is 2.50 bits per heavy atom. The Hall–Kier alpha value is -2.59. The molecule has 1 saturated heterocycles. The molecule has 2 N–H and O–H groups in total. The molecule has 2 aromatic carbocycles. The fourth-order valence-corrected chi connectivity index (χ4v) is 3.80. The van der Waals surface area contributed by atoms with E-state index in [4.69, 9.17) is 0 Å². The lowest BCUT2D eigenvalue weighted by Gasteiger charge is -2.14. The first kappa shape index (κ1) is 16.9. The fraction of sp³-hybridized carbons (Fsp3) is 0.318. The molecular formula is C22H25N3O. The second kappa shape index (κ2) is 7.34. The summed E-state index contributed by atoms with van der Waals surface area (Å²) in [6.07, 6.45) is 2.63. The van der Waals surface area contributed by atoms with Gasteiger partial charge in [-0.05, 0) is 50.0 Å². The lowest BCUT2D eigenvalue weighted by molar-refractivity contribution is 0.0952. The number of rotatable bonds is 5. The molecule has 0 atom stereocenters. The van der Waals surface area contributed by atoms with Gasteiger partial charge in [-0.2, -0.15) is 0 Å². The fourth-order valence-electron chi connectivity index (χ4n) is 3.80. The highest BCUT2D eigenvalue weighted by Gasteiger charge is 2.15. The van der Waals surface area contributed by atoms with Crippen molar-refractivity contribution in [2.24, 2.45) is 0 Å². The van der Waals surface area contributed by atoms with Crippen LogP contribution in [-0.4, -0.2) is 28.9 Å². The molecule has 2 heterocycles. The molecule has 1 fully saturated rings. The third-order valence-corrected chi connectivity index (χ3v) is 5.20. The van der Waals surface area contributed by atoms with E-state index in [0.29, 0.717) is 6.54 Å². The summed E-state index contributed by atoms with van der Waals surface area (Å²) in [6, 6.07) is 16.5. The van der Waals surface area contributed by atoms with Crippen molar-refractivity contribution in [2.75, 3.05) is 13.1 Å². The molecule has 1 aliphatic heterocycles. The maximum atomic E-state index is 12.7. The predicted octanol–water partition coefficient (Wildman–Crippen LogP) is 4.00. The van der Waals surface area contributed by atoms with E-state index in [1.165, 1.54) is 31.5 Å². The number of nitrogens with one attached hydrogen (secondary N) is 2. The average Bonchev–Trinajstić information content (AvgIpc) is 3.27. The van der Waals surface area contributed by atoms with Gasteiger partial charge in [-0.15, -0.1) is 0 Å². The molecule has 3 aromatic rings. The van der Waals surface area contributed by atoms with E-state index in [1.807, 2.05) is 31.2 Å². The Kier molecular flexibility index (Phi) is 4.76. The highest BCUT2D eigenvalue weighted by atomic mass is 16.1. The van der Waals surface area contributed by atoms with Crippen LogP contribution < -0.4 is 5.32 Å². The molecule has 26 heavy (non-hydrogen) atoms. The normalized spacial score (nSPS) is 14.8. The molecule has 134 valence electrons. The van der Waals surface area contributed by atoms with Crippen LogP contribution in [0.5, 0.6) is 0 Å². The summed E-state index contributed by atoms with van der Waals surface area (Å²) in [5.41, 5.74) is 5.12. The summed E-state index contributed by atoms with van der Waals surface area (Å²) in [6.45, 7) is 5.94. The minimum atomic E-state index is -0.0268. The van der Waals surface area contributed by atoms with Crippen LogP contribution >= 0.6 is 0 Å². The number of para-hydroxylation sites is 1. The van der Waals surface area contributed by atoms with E-state index >= 15 is 0 Å². The third-order valence-electron chi connectivity index (χ3n) is 5.20. The molecule has 4 heteroatoms. The quantitative estimate of drug-likeness (QED) is 0.733. The third kappa shape index (κ3) is 3.51. The molecule has 4 rings (SSSR count). The van der Waals surface area contributed by atoms with Crippen molar-refractivity contribution in [3.8, 4) is 0 Å². The van der Waals surface area contributed by atoms with Crippen molar-refractivity contribution in [3.63, 3.8) is 0 Å².